The number of carbonyl (C=O) groups is 3. The fourth-order valence-electron chi connectivity index (χ4n) is 3.70. The van der Waals surface area contributed by atoms with Crippen LogP contribution in [-0.4, -0.2) is 37.7 Å². The fraction of sp³-hybridized carbons (Fsp3) is 0.893. The van der Waals surface area contributed by atoms with Gasteiger partial charge in [-0.3, -0.25) is 14.4 Å². The Morgan fingerprint density at radius 1 is 0.412 bits per heavy atom. The van der Waals surface area contributed by atoms with Gasteiger partial charge in [-0.15, -0.1) is 0 Å². The van der Waals surface area contributed by atoms with Crippen LogP contribution in [0.4, 0.5) is 0 Å². The summed E-state index contributed by atoms with van der Waals surface area (Å²) in [6.07, 6.45) is 19.0. The van der Waals surface area contributed by atoms with Crippen LogP contribution in [0.25, 0.3) is 0 Å². The summed E-state index contributed by atoms with van der Waals surface area (Å²) in [7, 11) is 0. The fourth-order valence-corrected chi connectivity index (χ4v) is 3.70. The smallest absolute Gasteiger partial charge is 0.331 e. The standard InChI is InChI=1S/C28H52O6/c1-4-7-10-13-16-19-22-32-26(29)25(27(30)33-23-20-17-14-11-8-5-2)28(31)34-24-21-18-15-12-9-6-3/h25H,4-24H2,1-3H3. The van der Waals surface area contributed by atoms with Crippen molar-refractivity contribution in [3.63, 3.8) is 0 Å². The molecule has 0 heterocycles. The Morgan fingerprint density at radius 2 is 0.647 bits per heavy atom. The van der Waals surface area contributed by atoms with Crippen molar-refractivity contribution in [2.24, 2.45) is 5.92 Å². The normalized spacial score (nSPS) is 10.9. The van der Waals surface area contributed by atoms with E-state index in [0.29, 0.717) is 0 Å². The molecule has 0 spiro atoms. The van der Waals surface area contributed by atoms with E-state index in [1.165, 1.54) is 57.8 Å². The maximum atomic E-state index is 12.6. The van der Waals surface area contributed by atoms with Gasteiger partial charge in [-0.05, 0) is 19.3 Å². The highest BCUT2D eigenvalue weighted by Crippen LogP contribution is 2.12. The van der Waals surface area contributed by atoms with E-state index < -0.39 is 23.8 Å². The largest absolute Gasteiger partial charge is 0.465 e. The molecule has 0 rings (SSSR count). The molecule has 0 fully saturated rings. The lowest BCUT2D eigenvalue weighted by Gasteiger charge is -2.15. The van der Waals surface area contributed by atoms with Crippen LogP contribution in [0.15, 0.2) is 0 Å². The molecule has 6 nitrogen and oxygen atoms in total. The monoisotopic (exact) mass is 484 g/mol. The Kier molecular flexibility index (Phi) is 23.4. The number of esters is 3. The van der Waals surface area contributed by atoms with Crippen molar-refractivity contribution >= 4 is 17.9 Å². The van der Waals surface area contributed by atoms with E-state index in [1.807, 2.05) is 0 Å². The maximum Gasteiger partial charge on any atom is 0.331 e. The topological polar surface area (TPSA) is 78.9 Å². The van der Waals surface area contributed by atoms with Gasteiger partial charge >= 0.3 is 17.9 Å². The van der Waals surface area contributed by atoms with E-state index in [0.717, 1.165) is 57.8 Å². The molecule has 0 saturated carbocycles. The van der Waals surface area contributed by atoms with Crippen molar-refractivity contribution < 1.29 is 28.6 Å². The Labute approximate surface area is 208 Å². The van der Waals surface area contributed by atoms with Gasteiger partial charge in [0.1, 0.15) is 0 Å². The van der Waals surface area contributed by atoms with Gasteiger partial charge in [0.15, 0.2) is 0 Å². The molecule has 0 aromatic rings. The molecule has 0 atom stereocenters. The summed E-state index contributed by atoms with van der Waals surface area (Å²) in [5.74, 6) is -4.20. The maximum absolute atomic E-state index is 12.6. The van der Waals surface area contributed by atoms with Crippen LogP contribution in [0, 0.1) is 5.92 Å². The highest BCUT2D eigenvalue weighted by Gasteiger charge is 2.38. The lowest BCUT2D eigenvalue weighted by molar-refractivity contribution is -0.172. The first kappa shape index (κ1) is 32.4. The van der Waals surface area contributed by atoms with Gasteiger partial charge in [0.25, 0.3) is 5.92 Å². The van der Waals surface area contributed by atoms with E-state index in [4.69, 9.17) is 14.2 Å². The molecular formula is C28H52O6. The van der Waals surface area contributed by atoms with Crippen molar-refractivity contribution in [1.29, 1.82) is 0 Å². The Morgan fingerprint density at radius 3 is 0.912 bits per heavy atom. The van der Waals surface area contributed by atoms with Gasteiger partial charge in [0.2, 0.25) is 0 Å². The van der Waals surface area contributed by atoms with Crippen molar-refractivity contribution in [1.82, 2.24) is 0 Å². The molecule has 0 radical (unpaired) electrons. The SMILES string of the molecule is CCCCCCCCOC(=O)C(C(=O)OCCCCCCCC)C(=O)OCCCCCCCC. The third-order valence-electron chi connectivity index (χ3n) is 5.93. The number of rotatable bonds is 24. The van der Waals surface area contributed by atoms with Crippen LogP contribution in [0.1, 0.15) is 136 Å². The molecule has 0 aromatic carbocycles. The predicted octanol–water partition coefficient (Wildman–Crippen LogP) is 7.31. The second-order valence-electron chi connectivity index (χ2n) is 9.24. The molecule has 0 bridgehead atoms. The second-order valence-corrected chi connectivity index (χ2v) is 9.24. The first-order valence-electron chi connectivity index (χ1n) is 14.1. The van der Waals surface area contributed by atoms with Crippen LogP contribution >= 0.6 is 0 Å². The molecule has 0 aliphatic rings. The van der Waals surface area contributed by atoms with E-state index in [-0.39, 0.29) is 19.8 Å². The lowest BCUT2D eigenvalue weighted by Crippen LogP contribution is -2.36. The van der Waals surface area contributed by atoms with Crippen molar-refractivity contribution in [3.05, 3.63) is 0 Å². The summed E-state index contributed by atoms with van der Waals surface area (Å²) in [6.45, 7) is 7.11. The number of ether oxygens (including phenoxy) is 3. The summed E-state index contributed by atoms with van der Waals surface area (Å²) in [5, 5.41) is 0. The Hall–Kier alpha value is -1.59. The molecule has 0 aliphatic carbocycles. The first-order valence-corrected chi connectivity index (χ1v) is 14.1. The average molecular weight is 485 g/mol. The van der Waals surface area contributed by atoms with Crippen LogP contribution < -0.4 is 0 Å². The highest BCUT2D eigenvalue weighted by atomic mass is 16.6. The Bertz CT molecular complexity index is 434. The minimum absolute atomic E-state index is 0.205. The van der Waals surface area contributed by atoms with Crippen molar-refractivity contribution in [3.8, 4) is 0 Å². The quantitative estimate of drug-likeness (QED) is 0.0618. The molecule has 200 valence electrons. The minimum Gasteiger partial charge on any atom is -0.465 e. The van der Waals surface area contributed by atoms with Crippen molar-refractivity contribution in [2.45, 2.75) is 136 Å². The molecular weight excluding hydrogens is 432 g/mol. The van der Waals surface area contributed by atoms with E-state index in [1.54, 1.807) is 0 Å². The second kappa shape index (κ2) is 24.5. The molecule has 0 saturated heterocycles. The van der Waals surface area contributed by atoms with Gasteiger partial charge in [-0.1, -0.05) is 117 Å². The lowest BCUT2D eigenvalue weighted by atomic mass is 10.1. The van der Waals surface area contributed by atoms with Gasteiger partial charge in [-0.2, -0.15) is 0 Å². The number of hydrogen-bond acceptors (Lipinski definition) is 6. The first-order chi connectivity index (χ1) is 16.6. The van der Waals surface area contributed by atoms with Crippen LogP contribution in [0.2, 0.25) is 0 Å². The molecule has 34 heavy (non-hydrogen) atoms. The summed E-state index contributed by atoms with van der Waals surface area (Å²) in [6, 6.07) is 0. The van der Waals surface area contributed by atoms with Crippen LogP contribution in [0.3, 0.4) is 0 Å². The van der Waals surface area contributed by atoms with E-state index in [2.05, 4.69) is 20.8 Å². The number of unbranched alkanes of at least 4 members (excludes halogenated alkanes) is 15. The Balaban J connectivity index is 4.49. The van der Waals surface area contributed by atoms with Gasteiger partial charge < -0.3 is 14.2 Å². The van der Waals surface area contributed by atoms with Crippen molar-refractivity contribution in [2.75, 3.05) is 19.8 Å². The molecule has 6 heteroatoms. The summed E-state index contributed by atoms with van der Waals surface area (Å²) < 4.78 is 15.8. The molecule has 0 N–H and O–H groups in total. The van der Waals surface area contributed by atoms with Crippen LogP contribution in [-0.2, 0) is 28.6 Å². The van der Waals surface area contributed by atoms with E-state index >= 15 is 0 Å². The zero-order valence-corrected chi connectivity index (χ0v) is 22.4. The van der Waals surface area contributed by atoms with E-state index in [9.17, 15) is 14.4 Å². The predicted molar refractivity (Wildman–Crippen MR) is 136 cm³/mol. The zero-order chi connectivity index (χ0) is 25.3. The average Bonchev–Trinajstić information content (AvgIpc) is 2.82. The zero-order valence-electron chi connectivity index (χ0n) is 22.4. The third kappa shape index (κ3) is 18.8. The summed E-state index contributed by atoms with van der Waals surface area (Å²) in [4.78, 5) is 37.7. The van der Waals surface area contributed by atoms with Crippen LogP contribution in [0.5, 0.6) is 0 Å². The summed E-state index contributed by atoms with van der Waals surface area (Å²) >= 11 is 0. The molecule has 0 amide bonds. The molecule has 0 unspecified atom stereocenters. The highest BCUT2D eigenvalue weighted by molar-refractivity contribution is 6.12. The van der Waals surface area contributed by atoms with Gasteiger partial charge in [0.05, 0.1) is 19.8 Å². The summed E-state index contributed by atoms with van der Waals surface area (Å²) in [5.41, 5.74) is 0. The minimum atomic E-state index is -1.64. The number of hydrogen-bond donors (Lipinski definition) is 0. The number of carbonyl (C=O) groups excluding carboxylic acids is 3. The third-order valence-corrected chi connectivity index (χ3v) is 5.93. The molecule has 0 aromatic heterocycles. The van der Waals surface area contributed by atoms with Gasteiger partial charge in [-0.25, -0.2) is 0 Å². The van der Waals surface area contributed by atoms with Gasteiger partial charge in [0, 0.05) is 0 Å². The molecule has 0 aliphatic heterocycles.